The zero-order valence-electron chi connectivity index (χ0n) is 14.1. The van der Waals surface area contributed by atoms with E-state index in [1.165, 1.54) is 11.3 Å². The minimum absolute atomic E-state index is 0.408. The molecule has 0 amide bonds. The standard InChI is InChI=1S/C13H15BrN2O4S.C2H6/c1-6-8-10(21-9(6)14)15-12(19)16(11(8)18)5-7(17)20-13(2,3)4;1-2/h5H2,1-4H3,(H,15,19);1-2H3. The lowest BCUT2D eigenvalue weighted by Gasteiger charge is -2.19. The molecule has 0 spiro atoms. The second kappa shape index (κ2) is 7.44. The highest BCUT2D eigenvalue weighted by atomic mass is 79.9. The zero-order valence-corrected chi connectivity index (χ0v) is 16.5. The van der Waals surface area contributed by atoms with Gasteiger partial charge >= 0.3 is 11.7 Å². The van der Waals surface area contributed by atoms with Crippen LogP contribution in [0.4, 0.5) is 0 Å². The Balaban J connectivity index is 0.00000127. The Morgan fingerprint density at radius 3 is 2.39 bits per heavy atom. The lowest BCUT2D eigenvalue weighted by molar-refractivity contribution is -0.155. The number of aromatic nitrogens is 2. The predicted octanol–water partition coefficient (Wildman–Crippen LogP) is 3.19. The highest BCUT2D eigenvalue weighted by Crippen LogP contribution is 2.30. The molecule has 0 aromatic carbocycles. The highest BCUT2D eigenvalue weighted by molar-refractivity contribution is 9.11. The topological polar surface area (TPSA) is 81.2 Å². The van der Waals surface area contributed by atoms with Gasteiger partial charge in [-0.25, -0.2) is 9.36 Å². The highest BCUT2D eigenvalue weighted by Gasteiger charge is 2.20. The second-order valence-corrected chi connectivity index (χ2v) is 7.95. The van der Waals surface area contributed by atoms with Crippen molar-refractivity contribution >= 4 is 43.5 Å². The van der Waals surface area contributed by atoms with Gasteiger partial charge in [-0.2, -0.15) is 0 Å². The number of nitrogens with one attached hydrogen (secondary N) is 1. The molecule has 8 heteroatoms. The van der Waals surface area contributed by atoms with Gasteiger partial charge in [-0.15, -0.1) is 11.3 Å². The molecule has 1 N–H and O–H groups in total. The number of ether oxygens (including phenoxy) is 1. The first-order chi connectivity index (χ1) is 10.6. The lowest BCUT2D eigenvalue weighted by Crippen LogP contribution is -2.39. The van der Waals surface area contributed by atoms with Gasteiger partial charge in [-0.3, -0.25) is 14.6 Å². The van der Waals surface area contributed by atoms with Crippen LogP contribution in [-0.4, -0.2) is 21.1 Å². The van der Waals surface area contributed by atoms with Gasteiger partial charge in [0.25, 0.3) is 5.56 Å². The third-order valence-corrected chi connectivity index (χ3v) is 4.80. The van der Waals surface area contributed by atoms with Crippen LogP contribution in [0.25, 0.3) is 10.2 Å². The number of thiophene rings is 1. The fourth-order valence-corrected chi connectivity index (χ4v) is 3.47. The fourth-order valence-electron chi connectivity index (χ4n) is 1.87. The number of hydrogen-bond acceptors (Lipinski definition) is 5. The molecule has 2 heterocycles. The van der Waals surface area contributed by atoms with Gasteiger partial charge in [0.05, 0.1) is 9.17 Å². The number of carbonyl (C=O) groups excluding carboxylic acids is 1. The zero-order chi connectivity index (χ0) is 17.9. The fraction of sp³-hybridized carbons (Fsp3) is 0.533. The van der Waals surface area contributed by atoms with Crippen molar-refractivity contribution in [3.8, 4) is 0 Å². The number of H-pyrrole nitrogens is 1. The number of aromatic amines is 1. The monoisotopic (exact) mass is 404 g/mol. The number of rotatable bonds is 2. The molecule has 0 aliphatic carbocycles. The molecule has 0 atom stereocenters. The molecule has 0 bridgehead atoms. The summed E-state index contributed by atoms with van der Waals surface area (Å²) in [5, 5.41) is 0.412. The Hall–Kier alpha value is -1.41. The molecular formula is C15H21BrN2O4S. The summed E-state index contributed by atoms with van der Waals surface area (Å²) in [7, 11) is 0. The molecule has 2 aromatic heterocycles. The summed E-state index contributed by atoms with van der Waals surface area (Å²) in [4.78, 5) is 39.3. The van der Waals surface area contributed by atoms with Crippen LogP contribution in [0.5, 0.6) is 0 Å². The van der Waals surface area contributed by atoms with Crippen molar-refractivity contribution in [3.05, 3.63) is 30.2 Å². The van der Waals surface area contributed by atoms with E-state index in [1.54, 1.807) is 27.7 Å². The van der Waals surface area contributed by atoms with Crippen molar-refractivity contribution in [1.82, 2.24) is 9.55 Å². The Morgan fingerprint density at radius 2 is 1.87 bits per heavy atom. The van der Waals surface area contributed by atoms with Gasteiger partial charge in [-0.05, 0) is 49.2 Å². The van der Waals surface area contributed by atoms with Crippen molar-refractivity contribution in [2.24, 2.45) is 0 Å². The van der Waals surface area contributed by atoms with Gasteiger partial charge in [0.2, 0.25) is 0 Å². The van der Waals surface area contributed by atoms with Crippen LogP contribution in [0.2, 0.25) is 0 Å². The van der Waals surface area contributed by atoms with Gasteiger partial charge in [0.15, 0.2) is 0 Å². The van der Waals surface area contributed by atoms with Crippen molar-refractivity contribution in [2.75, 3.05) is 0 Å². The molecule has 2 rings (SSSR count). The number of fused-ring (bicyclic) bond motifs is 1. The van der Waals surface area contributed by atoms with Crippen LogP contribution < -0.4 is 11.2 Å². The van der Waals surface area contributed by atoms with Crippen molar-refractivity contribution < 1.29 is 9.53 Å². The van der Waals surface area contributed by atoms with Crippen LogP contribution in [0.3, 0.4) is 0 Å². The largest absolute Gasteiger partial charge is 0.459 e. The summed E-state index contributed by atoms with van der Waals surface area (Å²) in [6.45, 7) is 10.5. The van der Waals surface area contributed by atoms with Crippen LogP contribution in [0, 0.1) is 6.92 Å². The molecule has 0 aliphatic rings. The van der Waals surface area contributed by atoms with Gasteiger partial charge in [0.1, 0.15) is 17.0 Å². The molecule has 0 fully saturated rings. The number of aryl methyl sites for hydroxylation is 1. The third kappa shape index (κ3) is 4.54. The average molecular weight is 405 g/mol. The number of esters is 1. The van der Waals surface area contributed by atoms with E-state index in [2.05, 4.69) is 20.9 Å². The average Bonchev–Trinajstić information content (AvgIpc) is 2.70. The quantitative estimate of drug-likeness (QED) is 0.779. The minimum atomic E-state index is -0.668. The van der Waals surface area contributed by atoms with E-state index < -0.39 is 29.4 Å². The summed E-state index contributed by atoms with van der Waals surface area (Å²) in [5.41, 5.74) is -1.03. The number of nitrogens with zero attached hydrogens (tertiary/aromatic N) is 1. The molecule has 128 valence electrons. The van der Waals surface area contributed by atoms with Crippen molar-refractivity contribution in [3.63, 3.8) is 0 Å². The lowest BCUT2D eigenvalue weighted by atomic mass is 10.2. The van der Waals surface area contributed by atoms with E-state index in [0.717, 1.165) is 13.9 Å². The van der Waals surface area contributed by atoms with Crippen molar-refractivity contribution in [2.45, 2.75) is 53.7 Å². The molecule has 0 saturated carbocycles. The molecule has 0 unspecified atom stereocenters. The van der Waals surface area contributed by atoms with Gasteiger partial charge in [-0.1, -0.05) is 13.8 Å². The Labute approximate surface area is 146 Å². The maximum absolute atomic E-state index is 12.4. The number of hydrogen-bond donors (Lipinski definition) is 1. The smallest absolute Gasteiger partial charge is 0.329 e. The molecule has 0 radical (unpaired) electrons. The maximum atomic E-state index is 12.4. The summed E-state index contributed by atoms with van der Waals surface area (Å²) < 4.78 is 6.78. The van der Waals surface area contributed by atoms with Crippen LogP contribution in [-0.2, 0) is 16.1 Å². The van der Waals surface area contributed by atoms with Gasteiger partial charge in [0, 0.05) is 0 Å². The maximum Gasteiger partial charge on any atom is 0.329 e. The number of carbonyl (C=O) groups is 1. The predicted molar refractivity (Wildman–Crippen MR) is 96.3 cm³/mol. The van der Waals surface area contributed by atoms with E-state index in [1.807, 2.05) is 13.8 Å². The van der Waals surface area contributed by atoms with E-state index in [4.69, 9.17) is 4.74 Å². The summed E-state index contributed by atoms with van der Waals surface area (Å²) in [5.74, 6) is -0.624. The second-order valence-electron chi connectivity index (χ2n) is 5.61. The van der Waals surface area contributed by atoms with Crippen LogP contribution in [0.1, 0.15) is 40.2 Å². The van der Waals surface area contributed by atoms with Crippen LogP contribution in [0.15, 0.2) is 13.4 Å². The van der Waals surface area contributed by atoms with E-state index >= 15 is 0 Å². The number of halogens is 1. The summed E-state index contributed by atoms with van der Waals surface area (Å²) in [6, 6.07) is 0. The Bertz CT molecular complexity index is 827. The van der Waals surface area contributed by atoms with Crippen molar-refractivity contribution in [1.29, 1.82) is 0 Å². The first-order valence-corrected chi connectivity index (χ1v) is 8.84. The molecule has 0 aliphatic heterocycles. The summed E-state index contributed by atoms with van der Waals surface area (Å²) in [6.07, 6.45) is 0. The normalized spacial score (nSPS) is 11.1. The van der Waals surface area contributed by atoms with Crippen LogP contribution >= 0.6 is 27.3 Å². The first-order valence-electron chi connectivity index (χ1n) is 7.23. The Kier molecular flexibility index (Phi) is 6.35. The summed E-state index contributed by atoms with van der Waals surface area (Å²) >= 11 is 4.62. The van der Waals surface area contributed by atoms with E-state index in [9.17, 15) is 14.4 Å². The van der Waals surface area contributed by atoms with E-state index in [0.29, 0.717) is 10.2 Å². The molecule has 2 aromatic rings. The third-order valence-electron chi connectivity index (χ3n) is 2.72. The molecule has 6 nitrogen and oxygen atoms in total. The molecule has 0 saturated heterocycles. The minimum Gasteiger partial charge on any atom is -0.459 e. The molecule has 23 heavy (non-hydrogen) atoms. The molecular weight excluding hydrogens is 384 g/mol. The van der Waals surface area contributed by atoms with E-state index in [-0.39, 0.29) is 0 Å². The Morgan fingerprint density at radius 1 is 1.30 bits per heavy atom. The SMILES string of the molecule is CC.Cc1c(Br)sc2[nH]c(=O)n(CC(=O)OC(C)(C)C)c(=O)c12. The van der Waals surface area contributed by atoms with Gasteiger partial charge < -0.3 is 4.74 Å². The first kappa shape index (κ1) is 19.6.